The molecule has 2 nitrogen and oxygen atoms in total. The Morgan fingerprint density at radius 3 is 2.17 bits per heavy atom. The van der Waals surface area contributed by atoms with E-state index in [0.29, 0.717) is 11.8 Å². The van der Waals surface area contributed by atoms with Crippen molar-refractivity contribution in [1.29, 1.82) is 0 Å². The normalized spacial score (nSPS) is 13.0. The molecule has 0 atom stereocenters. The first kappa shape index (κ1) is 18.1. The topological polar surface area (TPSA) is 36.0 Å². The van der Waals surface area contributed by atoms with Gasteiger partial charge in [-0.2, -0.15) is 13.2 Å². The molecule has 0 unspecified atom stereocenters. The number of aromatic amines is 1. The summed E-state index contributed by atoms with van der Waals surface area (Å²) in [6, 6.07) is 6.98. The van der Waals surface area contributed by atoms with Crippen molar-refractivity contribution in [2.24, 2.45) is 0 Å². The number of hydrogen-bond donors (Lipinski definition) is 2. The van der Waals surface area contributed by atoms with Crippen molar-refractivity contribution in [3.63, 3.8) is 0 Å². The summed E-state index contributed by atoms with van der Waals surface area (Å²) in [7, 11) is -1.77. The molecule has 0 aliphatic carbocycles. The van der Waals surface area contributed by atoms with Crippen molar-refractivity contribution >= 4 is 24.3 Å². The number of nitrogens with one attached hydrogen (secondary N) is 1. The molecular formula is C17H24F3NOSi. The summed E-state index contributed by atoms with van der Waals surface area (Å²) in [4.78, 5) is 3.40. The van der Waals surface area contributed by atoms with Crippen LogP contribution in [-0.4, -0.2) is 24.8 Å². The maximum atomic E-state index is 13.0. The second kappa shape index (κ2) is 6.69. The summed E-state index contributed by atoms with van der Waals surface area (Å²) in [6.45, 7) is 6.43. The van der Waals surface area contributed by atoms with Crippen LogP contribution in [0.3, 0.4) is 0 Å². The van der Waals surface area contributed by atoms with E-state index in [1.165, 1.54) is 12.1 Å². The van der Waals surface area contributed by atoms with Crippen LogP contribution < -0.4 is 5.32 Å². The average molecular weight is 343 g/mol. The van der Waals surface area contributed by atoms with E-state index in [4.69, 9.17) is 0 Å². The summed E-state index contributed by atoms with van der Waals surface area (Å²) in [6.07, 6.45) is -3.96. The van der Waals surface area contributed by atoms with Crippen molar-refractivity contribution < 1.29 is 18.3 Å². The zero-order valence-electron chi connectivity index (χ0n) is 13.8. The zero-order valence-corrected chi connectivity index (χ0v) is 14.8. The van der Waals surface area contributed by atoms with Crippen LogP contribution in [0.4, 0.5) is 13.2 Å². The molecule has 0 saturated heterocycles. The molecule has 0 fully saturated rings. The second-order valence-electron chi connectivity index (χ2n) is 6.05. The van der Waals surface area contributed by atoms with E-state index < -0.39 is 19.8 Å². The Kier molecular flexibility index (Phi) is 5.26. The highest BCUT2D eigenvalue weighted by Crippen LogP contribution is 2.33. The lowest BCUT2D eigenvalue weighted by atomic mass is 10.1. The molecular weight excluding hydrogens is 319 g/mol. The third-order valence-electron chi connectivity index (χ3n) is 5.16. The quantitative estimate of drug-likeness (QED) is 0.748. The first-order valence-corrected chi connectivity index (χ1v) is 10.8. The molecule has 0 aliphatic rings. The van der Waals surface area contributed by atoms with Gasteiger partial charge in [-0.15, -0.1) is 0 Å². The highest BCUT2D eigenvalue weighted by molar-refractivity contribution is 6.91. The van der Waals surface area contributed by atoms with Gasteiger partial charge in [-0.3, -0.25) is 0 Å². The number of alkyl halides is 3. The Balaban J connectivity index is 2.73. The smallest absolute Gasteiger partial charge is 0.396 e. The van der Waals surface area contributed by atoms with Crippen LogP contribution in [0.25, 0.3) is 10.9 Å². The van der Waals surface area contributed by atoms with E-state index in [9.17, 15) is 18.3 Å². The van der Waals surface area contributed by atoms with Crippen LogP contribution in [0.2, 0.25) is 18.1 Å². The molecule has 23 heavy (non-hydrogen) atoms. The van der Waals surface area contributed by atoms with Gasteiger partial charge in [-0.1, -0.05) is 38.9 Å². The van der Waals surface area contributed by atoms with Gasteiger partial charge >= 0.3 is 6.18 Å². The second-order valence-corrected chi connectivity index (χ2v) is 11.2. The third kappa shape index (κ3) is 3.19. The van der Waals surface area contributed by atoms with Gasteiger partial charge in [-0.05, 0) is 30.2 Å². The highest BCUT2D eigenvalue weighted by atomic mass is 28.3. The zero-order chi connectivity index (χ0) is 17.3. The van der Waals surface area contributed by atoms with Gasteiger partial charge in [0.15, 0.2) is 0 Å². The van der Waals surface area contributed by atoms with Crippen molar-refractivity contribution in [2.75, 3.05) is 6.61 Å². The molecule has 128 valence electrons. The molecule has 1 heterocycles. The van der Waals surface area contributed by atoms with Crippen LogP contribution in [0.15, 0.2) is 18.2 Å². The van der Waals surface area contributed by atoms with Crippen LogP contribution in [-0.2, 0) is 12.6 Å². The van der Waals surface area contributed by atoms with Crippen molar-refractivity contribution in [1.82, 2.24) is 4.98 Å². The van der Waals surface area contributed by atoms with Gasteiger partial charge in [0.1, 0.15) is 8.07 Å². The van der Waals surface area contributed by atoms with Crippen molar-refractivity contribution in [3.05, 3.63) is 29.3 Å². The van der Waals surface area contributed by atoms with E-state index in [1.807, 2.05) is 0 Å². The lowest BCUT2D eigenvalue weighted by Crippen LogP contribution is -2.48. The van der Waals surface area contributed by atoms with Gasteiger partial charge in [0.2, 0.25) is 0 Å². The number of rotatable bonds is 6. The maximum absolute atomic E-state index is 13.0. The van der Waals surface area contributed by atoms with E-state index in [0.717, 1.165) is 40.6 Å². The summed E-state index contributed by atoms with van der Waals surface area (Å²) >= 11 is 0. The van der Waals surface area contributed by atoms with Gasteiger partial charge in [-0.25, -0.2) is 0 Å². The number of benzene rings is 1. The van der Waals surface area contributed by atoms with Crippen LogP contribution >= 0.6 is 0 Å². The first-order chi connectivity index (χ1) is 10.8. The minimum Gasteiger partial charge on any atom is -0.396 e. The standard InChI is InChI=1S/C17H24F3NOSi/c1-4-23(5-2,6-3)16-13(9-10-22)14-11-12(17(18,19)20)7-8-15(14)21-16/h7-8,11,21-22H,4-6,9-10H2,1-3H3. The number of H-pyrrole nitrogens is 1. The highest BCUT2D eigenvalue weighted by Gasteiger charge is 2.35. The molecule has 1 aromatic carbocycles. The number of aliphatic hydroxyl groups is 1. The Morgan fingerprint density at radius 2 is 1.70 bits per heavy atom. The van der Waals surface area contributed by atoms with Gasteiger partial charge in [0.25, 0.3) is 0 Å². The van der Waals surface area contributed by atoms with Crippen LogP contribution in [0, 0.1) is 0 Å². The van der Waals surface area contributed by atoms with E-state index in [2.05, 4.69) is 25.8 Å². The molecule has 1 aromatic heterocycles. The summed E-state index contributed by atoms with van der Waals surface area (Å²) in [5.41, 5.74) is 0.987. The molecule has 0 bridgehead atoms. The van der Waals surface area contributed by atoms with Crippen molar-refractivity contribution in [3.8, 4) is 0 Å². The predicted molar refractivity (Wildman–Crippen MR) is 90.9 cm³/mol. The van der Waals surface area contributed by atoms with Crippen molar-refractivity contribution in [2.45, 2.75) is 51.5 Å². The van der Waals surface area contributed by atoms with Gasteiger partial charge < -0.3 is 10.1 Å². The SMILES string of the molecule is CC[Si](CC)(CC)c1[nH]c2ccc(C(F)(F)F)cc2c1CCO. The Labute approximate surface area is 135 Å². The van der Waals surface area contributed by atoms with E-state index in [-0.39, 0.29) is 6.61 Å². The summed E-state index contributed by atoms with van der Waals surface area (Å²) in [5.74, 6) is 0. The van der Waals surface area contributed by atoms with Gasteiger partial charge in [0, 0.05) is 22.8 Å². The monoisotopic (exact) mass is 343 g/mol. The van der Waals surface area contributed by atoms with Gasteiger partial charge in [0.05, 0.1) is 5.56 Å². The first-order valence-electron chi connectivity index (χ1n) is 8.16. The maximum Gasteiger partial charge on any atom is 0.416 e. The summed E-state index contributed by atoms with van der Waals surface area (Å²) < 4.78 is 39.1. The number of aliphatic hydroxyl groups excluding tert-OH is 1. The average Bonchev–Trinajstić information content (AvgIpc) is 2.88. The largest absolute Gasteiger partial charge is 0.416 e. The molecule has 0 spiro atoms. The fraction of sp³-hybridized carbons (Fsp3) is 0.529. The predicted octanol–water partition coefficient (Wildman–Crippen LogP) is 4.44. The molecule has 0 aliphatic heterocycles. The van der Waals surface area contributed by atoms with E-state index >= 15 is 0 Å². The molecule has 2 rings (SSSR count). The van der Waals surface area contributed by atoms with Crippen LogP contribution in [0.5, 0.6) is 0 Å². The third-order valence-corrected chi connectivity index (χ3v) is 10.7. The fourth-order valence-corrected chi connectivity index (χ4v) is 7.39. The minimum atomic E-state index is -4.35. The fourth-order valence-electron chi connectivity index (χ4n) is 3.53. The minimum absolute atomic E-state index is 0.0577. The molecule has 2 N–H and O–H groups in total. The molecule has 0 radical (unpaired) electrons. The Morgan fingerprint density at radius 1 is 1.09 bits per heavy atom. The number of halogens is 3. The number of fused-ring (bicyclic) bond motifs is 1. The number of aromatic nitrogens is 1. The Bertz CT molecular complexity index is 666. The molecule has 2 aromatic rings. The molecule has 6 heteroatoms. The summed E-state index contributed by atoms with van der Waals surface area (Å²) in [5, 5.41) is 11.1. The molecule has 0 amide bonds. The molecule has 0 saturated carbocycles. The van der Waals surface area contributed by atoms with Crippen LogP contribution in [0.1, 0.15) is 31.9 Å². The van der Waals surface area contributed by atoms with E-state index in [1.54, 1.807) is 0 Å². The lowest BCUT2D eigenvalue weighted by Gasteiger charge is -2.28. The number of hydrogen-bond acceptors (Lipinski definition) is 1. The Hall–Kier alpha value is -1.27. The lowest BCUT2D eigenvalue weighted by molar-refractivity contribution is -0.137.